The Hall–Kier alpha value is -1.43. The van der Waals surface area contributed by atoms with Crippen molar-refractivity contribution in [1.29, 1.82) is 0 Å². The molecule has 0 radical (unpaired) electrons. The maximum Gasteiger partial charge on any atom is 0.195 e. The van der Waals surface area contributed by atoms with E-state index in [-0.39, 0.29) is 0 Å². The Morgan fingerprint density at radius 2 is 1.95 bits per heavy atom. The van der Waals surface area contributed by atoms with Crippen molar-refractivity contribution < 1.29 is 4.74 Å². The van der Waals surface area contributed by atoms with E-state index in [1.165, 1.54) is 5.56 Å². The molecule has 0 saturated carbocycles. The van der Waals surface area contributed by atoms with Crippen LogP contribution in [0.4, 0.5) is 0 Å². The van der Waals surface area contributed by atoms with Gasteiger partial charge < -0.3 is 4.74 Å². The van der Waals surface area contributed by atoms with Gasteiger partial charge in [0.25, 0.3) is 0 Å². The van der Waals surface area contributed by atoms with Gasteiger partial charge in [-0.15, -0.1) is 10.2 Å². The van der Waals surface area contributed by atoms with E-state index >= 15 is 0 Å². The third kappa shape index (κ3) is 3.48. The maximum absolute atomic E-state index is 6.09. The standard InChI is InChI=1S/C15H13Cl2N3OS/c1-10-2-4-12(5-3-10)21-6-7-22-15-19-18-14-13(17)8-11(16)9-20(14)15/h2-5,8-9H,6-7H2,1H3. The second kappa shape index (κ2) is 6.77. The van der Waals surface area contributed by atoms with Crippen molar-refractivity contribution in [2.45, 2.75) is 12.1 Å². The van der Waals surface area contributed by atoms with Crippen LogP contribution in [-0.2, 0) is 0 Å². The van der Waals surface area contributed by atoms with Crippen molar-refractivity contribution in [2.24, 2.45) is 0 Å². The molecule has 2 aromatic heterocycles. The molecule has 0 atom stereocenters. The average Bonchev–Trinajstić information content (AvgIpc) is 2.89. The summed E-state index contributed by atoms with van der Waals surface area (Å²) in [6.07, 6.45) is 1.76. The van der Waals surface area contributed by atoms with Gasteiger partial charge in [-0.1, -0.05) is 52.7 Å². The Kier molecular flexibility index (Phi) is 4.76. The lowest BCUT2D eigenvalue weighted by molar-refractivity contribution is 0.344. The molecule has 0 aliphatic carbocycles. The second-order valence-electron chi connectivity index (χ2n) is 4.69. The zero-order chi connectivity index (χ0) is 15.5. The van der Waals surface area contributed by atoms with Crippen LogP contribution in [0.25, 0.3) is 5.65 Å². The molecule has 0 amide bonds. The molecule has 114 valence electrons. The highest BCUT2D eigenvalue weighted by molar-refractivity contribution is 7.99. The topological polar surface area (TPSA) is 39.4 Å². The van der Waals surface area contributed by atoms with E-state index in [0.717, 1.165) is 16.7 Å². The molecule has 7 heteroatoms. The molecular formula is C15H13Cl2N3OS. The molecule has 2 heterocycles. The van der Waals surface area contributed by atoms with Gasteiger partial charge in [0.05, 0.1) is 16.7 Å². The van der Waals surface area contributed by atoms with Gasteiger partial charge in [-0.05, 0) is 25.1 Å². The number of benzene rings is 1. The Morgan fingerprint density at radius 1 is 1.18 bits per heavy atom. The predicted octanol–water partition coefficient (Wildman–Crippen LogP) is 4.52. The number of rotatable bonds is 5. The largest absolute Gasteiger partial charge is 0.493 e. The van der Waals surface area contributed by atoms with Crippen LogP contribution >= 0.6 is 35.0 Å². The minimum absolute atomic E-state index is 0.489. The highest BCUT2D eigenvalue weighted by atomic mass is 35.5. The molecule has 0 N–H and O–H groups in total. The van der Waals surface area contributed by atoms with Gasteiger partial charge in [-0.2, -0.15) is 0 Å². The molecule has 22 heavy (non-hydrogen) atoms. The van der Waals surface area contributed by atoms with Crippen LogP contribution in [0.2, 0.25) is 10.0 Å². The lowest BCUT2D eigenvalue weighted by Gasteiger charge is -2.06. The number of halogens is 2. The van der Waals surface area contributed by atoms with Crippen molar-refractivity contribution in [1.82, 2.24) is 14.6 Å². The van der Waals surface area contributed by atoms with Crippen LogP contribution in [0.5, 0.6) is 5.75 Å². The van der Waals surface area contributed by atoms with Crippen molar-refractivity contribution in [3.05, 3.63) is 52.1 Å². The fraction of sp³-hybridized carbons (Fsp3) is 0.200. The third-order valence-electron chi connectivity index (χ3n) is 3.00. The summed E-state index contributed by atoms with van der Waals surface area (Å²) in [7, 11) is 0. The van der Waals surface area contributed by atoms with E-state index < -0.39 is 0 Å². The molecule has 3 aromatic rings. The fourth-order valence-electron chi connectivity index (χ4n) is 1.93. The number of hydrogen-bond acceptors (Lipinski definition) is 4. The molecule has 1 aromatic carbocycles. The molecule has 4 nitrogen and oxygen atoms in total. The van der Waals surface area contributed by atoms with E-state index in [1.807, 2.05) is 31.2 Å². The van der Waals surface area contributed by atoms with Crippen molar-refractivity contribution in [3.63, 3.8) is 0 Å². The van der Waals surface area contributed by atoms with E-state index in [0.29, 0.717) is 22.3 Å². The van der Waals surface area contributed by atoms with Gasteiger partial charge >= 0.3 is 0 Å². The van der Waals surface area contributed by atoms with Crippen molar-refractivity contribution in [2.75, 3.05) is 12.4 Å². The summed E-state index contributed by atoms with van der Waals surface area (Å²) in [5, 5.41) is 9.98. The van der Waals surface area contributed by atoms with Crippen LogP contribution in [0.3, 0.4) is 0 Å². The Morgan fingerprint density at radius 3 is 2.73 bits per heavy atom. The number of aryl methyl sites for hydroxylation is 1. The van der Waals surface area contributed by atoms with Crippen LogP contribution in [-0.4, -0.2) is 27.0 Å². The summed E-state index contributed by atoms with van der Waals surface area (Å²) in [6.45, 7) is 2.63. The summed E-state index contributed by atoms with van der Waals surface area (Å²) >= 11 is 13.6. The van der Waals surface area contributed by atoms with Crippen molar-refractivity contribution in [3.8, 4) is 5.75 Å². The number of thioether (sulfide) groups is 1. The Balaban J connectivity index is 1.61. The molecule has 0 spiro atoms. The van der Waals surface area contributed by atoms with E-state index in [4.69, 9.17) is 27.9 Å². The first-order valence-corrected chi connectivity index (χ1v) is 8.40. The van der Waals surface area contributed by atoms with Crippen molar-refractivity contribution >= 4 is 40.6 Å². The van der Waals surface area contributed by atoms with Gasteiger partial charge in [-0.25, -0.2) is 0 Å². The number of pyridine rings is 1. The predicted molar refractivity (Wildman–Crippen MR) is 90.4 cm³/mol. The number of ether oxygens (including phenoxy) is 1. The first kappa shape index (κ1) is 15.5. The smallest absolute Gasteiger partial charge is 0.195 e. The van der Waals surface area contributed by atoms with Crippen LogP contribution in [0.1, 0.15) is 5.56 Å². The van der Waals surface area contributed by atoms with Crippen LogP contribution in [0.15, 0.2) is 41.7 Å². The highest BCUT2D eigenvalue weighted by Crippen LogP contribution is 2.25. The van der Waals surface area contributed by atoms with Gasteiger partial charge in [-0.3, -0.25) is 4.40 Å². The molecule has 0 fully saturated rings. The van der Waals surface area contributed by atoms with Crippen LogP contribution < -0.4 is 4.74 Å². The highest BCUT2D eigenvalue weighted by Gasteiger charge is 2.10. The van der Waals surface area contributed by atoms with Gasteiger partial charge in [0.2, 0.25) is 0 Å². The first-order valence-electron chi connectivity index (χ1n) is 6.65. The number of aromatic nitrogens is 3. The number of fused-ring (bicyclic) bond motifs is 1. The maximum atomic E-state index is 6.09. The average molecular weight is 354 g/mol. The molecule has 0 unspecified atom stereocenters. The zero-order valence-corrected chi connectivity index (χ0v) is 14.1. The Bertz CT molecular complexity index is 789. The SMILES string of the molecule is Cc1ccc(OCCSc2nnc3c(Cl)cc(Cl)cn23)cc1. The summed E-state index contributed by atoms with van der Waals surface area (Å²) in [5.74, 6) is 1.61. The molecule has 0 aliphatic rings. The Labute approximate surface area is 142 Å². The molecule has 0 aliphatic heterocycles. The lowest BCUT2D eigenvalue weighted by Crippen LogP contribution is -2.01. The fourth-order valence-corrected chi connectivity index (χ4v) is 3.16. The summed E-state index contributed by atoms with van der Waals surface area (Å²) < 4.78 is 7.48. The summed E-state index contributed by atoms with van der Waals surface area (Å²) in [6, 6.07) is 9.64. The monoisotopic (exact) mass is 353 g/mol. The van der Waals surface area contributed by atoms with Gasteiger partial charge in [0, 0.05) is 11.9 Å². The second-order valence-corrected chi connectivity index (χ2v) is 6.60. The third-order valence-corrected chi connectivity index (χ3v) is 4.39. The number of hydrogen-bond donors (Lipinski definition) is 0. The summed E-state index contributed by atoms with van der Waals surface area (Å²) in [4.78, 5) is 0. The van der Waals surface area contributed by atoms with E-state index in [9.17, 15) is 0 Å². The van der Waals surface area contributed by atoms with Gasteiger partial charge in [0.1, 0.15) is 5.75 Å². The van der Waals surface area contributed by atoms with Crippen LogP contribution in [0, 0.1) is 6.92 Å². The zero-order valence-electron chi connectivity index (χ0n) is 11.8. The molecular weight excluding hydrogens is 341 g/mol. The number of nitrogens with zero attached hydrogens (tertiary/aromatic N) is 3. The first-order chi connectivity index (χ1) is 10.6. The quantitative estimate of drug-likeness (QED) is 0.499. The molecule has 3 rings (SSSR count). The van der Waals surface area contributed by atoms with E-state index in [2.05, 4.69) is 10.2 Å². The van der Waals surface area contributed by atoms with Gasteiger partial charge in [0.15, 0.2) is 10.8 Å². The lowest BCUT2D eigenvalue weighted by atomic mass is 10.2. The minimum atomic E-state index is 0.489. The molecule has 0 bridgehead atoms. The minimum Gasteiger partial charge on any atom is -0.493 e. The normalized spacial score (nSPS) is 11.0. The molecule has 0 saturated heterocycles. The summed E-state index contributed by atoms with van der Waals surface area (Å²) in [5.41, 5.74) is 1.82. The van der Waals surface area contributed by atoms with E-state index in [1.54, 1.807) is 28.4 Å².